The maximum atomic E-state index is 8.36. The van der Waals surface area contributed by atoms with Gasteiger partial charge in [0.1, 0.15) is 5.65 Å². The molecule has 2 aliphatic heterocycles. The molecule has 4 heterocycles. The second-order valence-electron chi connectivity index (χ2n) is 7.88. The number of aromatic nitrogens is 2. The molecule has 0 unspecified atom stereocenters. The molecule has 0 spiro atoms. The van der Waals surface area contributed by atoms with Gasteiger partial charge in [-0.1, -0.05) is 6.07 Å². The second kappa shape index (κ2) is 7.96. The molecule has 2 saturated heterocycles. The van der Waals surface area contributed by atoms with Crippen LogP contribution < -0.4 is 0 Å². The molecule has 0 bridgehead atoms. The van der Waals surface area contributed by atoms with E-state index in [2.05, 4.69) is 45.7 Å². The van der Waals surface area contributed by atoms with Crippen LogP contribution in [0.2, 0.25) is 0 Å². The number of ether oxygens (including phenoxy) is 1. The number of fused-ring (bicyclic) bond motifs is 2. The Morgan fingerprint density at radius 3 is 2.85 bits per heavy atom. The lowest BCUT2D eigenvalue weighted by molar-refractivity contribution is -0.122. The molecule has 1 N–H and O–H groups in total. The van der Waals surface area contributed by atoms with Crippen molar-refractivity contribution in [3.8, 4) is 0 Å². The van der Waals surface area contributed by atoms with Gasteiger partial charge in [0.2, 0.25) is 0 Å². The first kappa shape index (κ1) is 18.4. The lowest BCUT2D eigenvalue weighted by Crippen LogP contribution is -2.62. The minimum Gasteiger partial charge on any atom is -0.483 e. The van der Waals surface area contributed by atoms with E-state index in [9.17, 15) is 0 Å². The summed E-state index contributed by atoms with van der Waals surface area (Å²) in [6, 6.07) is 5.48. The van der Waals surface area contributed by atoms with Crippen LogP contribution in [0, 0.1) is 12.8 Å². The predicted octanol–water partition coefficient (Wildman–Crippen LogP) is 1.64. The highest BCUT2D eigenvalue weighted by atomic mass is 16.5. The number of imidazole rings is 1. The number of morpholine rings is 1. The Morgan fingerprint density at radius 1 is 1.26 bits per heavy atom. The zero-order valence-electron chi connectivity index (χ0n) is 15.8. The fourth-order valence-electron chi connectivity index (χ4n) is 4.43. The average molecular weight is 372 g/mol. The Labute approximate surface area is 159 Å². The van der Waals surface area contributed by atoms with Crippen LogP contribution in [0.15, 0.2) is 24.5 Å². The van der Waals surface area contributed by atoms with E-state index in [4.69, 9.17) is 19.6 Å². The first-order valence-electron chi connectivity index (χ1n) is 9.76. The van der Waals surface area contributed by atoms with Gasteiger partial charge in [0.25, 0.3) is 6.47 Å². The normalized spacial score (nSPS) is 26.3. The highest BCUT2D eigenvalue weighted by Gasteiger charge is 2.42. The van der Waals surface area contributed by atoms with Gasteiger partial charge in [-0.2, -0.15) is 0 Å². The highest BCUT2D eigenvalue weighted by molar-refractivity contribution is 5.41. The van der Waals surface area contributed by atoms with Gasteiger partial charge in [-0.15, -0.1) is 0 Å². The van der Waals surface area contributed by atoms with Crippen LogP contribution in [0.1, 0.15) is 24.1 Å². The molecule has 27 heavy (non-hydrogen) atoms. The number of hydrogen-bond donors (Lipinski definition) is 1. The topological polar surface area (TPSA) is 70.3 Å². The van der Waals surface area contributed by atoms with Gasteiger partial charge in [0, 0.05) is 50.7 Å². The third-order valence-electron chi connectivity index (χ3n) is 5.84. The summed E-state index contributed by atoms with van der Waals surface area (Å²) in [5.74, 6) is 0.904. The number of nitrogens with zero attached hydrogens (tertiary/aromatic N) is 4. The third kappa shape index (κ3) is 4.15. The molecule has 3 aliphatic rings. The van der Waals surface area contributed by atoms with Gasteiger partial charge in [-0.25, -0.2) is 4.98 Å². The first-order chi connectivity index (χ1) is 13.2. The van der Waals surface area contributed by atoms with Gasteiger partial charge in [-0.3, -0.25) is 14.6 Å². The van der Waals surface area contributed by atoms with Crippen molar-refractivity contribution < 1.29 is 14.6 Å². The summed E-state index contributed by atoms with van der Waals surface area (Å²) >= 11 is 0. The smallest absolute Gasteiger partial charge is 0.290 e. The molecule has 0 amide bonds. The van der Waals surface area contributed by atoms with Crippen molar-refractivity contribution in [1.82, 2.24) is 19.2 Å². The Balaban J connectivity index is 0.000000565. The summed E-state index contributed by atoms with van der Waals surface area (Å²) in [5.41, 5.74) is 3.49. The van der Waals surface area contributed by atoms with E-state index in [0.717, 1.165) is 44.4 Å². The number of piperazine rings is 1. The predicted molar refractivity (Wildman–Crippen MR) is 102 cm³/mol. The Bertz CT molecular complexity index is 789. The molecule has 0 radical (unpaired) electrons. The minimum atomic E-state index is -0.250. The molecule has 2 aromatic heterocycles. The fraction of sp³-hybridized carbons (Fsp3) is 0.600. The zero-order chi connectivity index (χ0) is 18.8. The molecule has 146 valence electrons. The third-order valence-corrected chi connectivity index (χ3v) is 5.84. The molecular formula is C20H28N4O3. The van der Waals surface area contributed by atoms with E-state index in [0.29, 0.717) is 12.1 Å². The van der Waals surface area contributed by atoms with Crippen molar-refractivity contribution in [1.29, 1.82) is 0 Å². The van der Waals surface area contributed by atoms with Crippen LogP contribution in [-0.4, -0.2) is 75.7 Å². The number of rotatable bonds is 3. The maximum absolute atomic E-state index is 8.36. The summed E-state index contributed by atoms with van der Waals surface area (Å²) in [6.45, 7) is 8.10. The molecular weight excluding hydrogens is 344 g/mol. The van der Waals surface area contributed by atoms with Gasteiger partial charge in [-0.05, 0) is 37.3 Å². The van der Waals surface area contributed by atoms with Crippen LogP contribution in [0.4, 0.5) is 0 Å². The van der Waals surface area contributed by atoms with Crippen LogP contribution in [-0.2, 0) is 16.1 Å². The standard InChI is InChI=1S/C19H26N4O.CH2O2/c1-14-2-5-19-20-16(10-22(19)8-14)9-21-6-7-23-17(11-21)12-24-13-18(23)15-3-4-15;2-1-3/h2,5,8,10,15,17-18H,3-4,6-7,9,11-13H2,1H3;1H,(H,2,3)/t17-,18-;/m1./s1. The van der Waals surface area contributed by atoms with Crippen molar-refractivity contribution in [2.24, 2.45) is 5.92 Å². The largest absolute Gasteiger partial charge is 0.483 e. The zero-order valence-corrected chi connectivity index (χ0v) is 15.8. The van der Waals surface area contributed by atoms with Crippen LogP contribution in [0.5, 0.6) is 0 Å². The number of hydrogen-bond acceptors (Lipinski definition) is 5. The monoisotopic (exact) mass is 372 g/mol. The summed E-state index contributed by atoms with van der Waals surface area (Å²) in [4.78, 5) is 18.4. The van der Waals surface area contributed by atoms with Crippen LogP contribution in [0.25, 0.3) is 5.65 Å². The molecule has 7 nitrogen and oxygen atoms in total. The maximum Gasteiger partial charge on any atom is 0.290 e. The van der Waals surface area contributed by atoms with Crippen molar-refractivity contribution in [3.63, 3.8) is 0 Å². The highest BCUT2D eigenvalue weighted by Crippen LogP contribution is 2.38. The average Bonchev–Trinajstić information content (AvgIpc) is 3.42. The van der Waals surface area contributed by atoms with E-state index in [1.54, 1.807) is 0 Å². The number of carbonyl (C=O) groups is 1. The van der Waals surface area contributed by atoms with Crippen molar-refractivity contribution in [3.05, 3.63) is 35.8 Å². The molecule has 1 aliphatic carbocycles. The van der Waals surface area contributed by atoms with Crippen LogP contribution in [0.3, 0.4) is 0 Å². The number of aryl methyl sites for hydroxylation is 1. The van der Waals surface area contributed by atoms with E-state index < -0.39 is 0 Å². The molecule has 5 rings (SSSR count). The Kier molecular flexibility index (Phi) is 5.43. The fourth-order valence-corrected chi connectivity index (χ4v) is 4.43. The molecule has 7 heteroatoms. The van der Waals surface area contributed by atoms with E-state index in [1.165, 1.54) is 30.6 Å². The summed E-state index contributed by atoms with van der Waals surface area (Å²) < 4.78 is 8.07. The van der Waals surface area contributed by atoms with Crippen molar-refractivity contribution >= 4 is 12.1 Å². The minimum absolute atomic E-state index is 0.250. The SMILES string of the molecule is Cc1ccc2nc(CN3CCN4[C@@H](COC[C@@H]4C4CC4)C3)cn2c1.O=CO. The lowest BCUT2D eigenvalue weighted by atomic mass is 10.0. The molecule has 3 fully saturated rings. The molecule has 1 saturated carbocycles. The Hall–Kier alpha value is -1.96. The van der Waals surface area contributed by atoms with Crippen LogP contribution >= 0.6 is 0 Å². The van der Waals surface area contributed by atoms with Gasteiger partial charge >= 0.3 is 0 Å². The molecule has 2 aromatic rings. The number of pyridine rings is 1. The summed E-state index contributed by atoms with van der Waals surface area (Å²) in [7, 11) is 0. The summed E-state index contributed by atoms with van der Waals surface area (Å²) in [5, 5.41) is 6.89. The van der Waals surface area contributed by atoms with Gasteiger partial charge in [0.15, 0.2) is 0 Å². The van der Waals surface area contributed by atoms with Crippen molar-refractivity contribution in [2.75, 3.05) is 32.8 Å². The Morgan fingerprint density at radius 2 is 2.07 bits per heavy atom. The van der Waals surface area contributed by atoms with Gasteiger partial charge < -0.3 is 14.2 Å². The van der Waals surface area contributed by atoms with E-state index in [1.807, 2.05) is 0 Å². The van der Waals surface area contributed by atoms with E-state index in [-0.39, 0.29) is 6.47 Å². The molecule has 0 aromatic carbocycles. The quantitative estimate of drug-likeness (QED) is 0.826. The van der Waals surface area contributed by atoms with Crippen molar-refractivity contribution in [2.45, 2.75) is 38.4 Å². The lowest BCUT2D eigenvalue weighted by Gasteiger charge is -2.48. The first-order valence-corrected chi connectivity index (χ1v) is 9.76. The summed E-state index contributed by atoms with van der Waals surface area (Å²) in [6.07, 6.45) is 7.14. The van der Waals surface area contributed by atoms with E-state index >= 15 is 0 Å². The number of carboxylic acid groups (broad SMARTS) is 1. The second-order valence-corrected chi connectivity index (χ2v) is 7.88. The van der Waals surface area contributed by atoms with Gasteiger partial charge in [0.05, 0.1) is 18.9 Å². The molecule has 2 atom stereocenters.